The van der Waals surface area contributed by atoms with Crippen LogP contribution in [0.25, 0.3) is 0 Å². The molecule has 2 aromatic rings. The van der Waals surface area contributed by atoms with E-state index >= 15 is 0 Å². The summed E-state index contributed by atoms with van der Waals surface area (Å²) in [6.45, 7) is 4.12. The number of hydrogen-bond acceptors (Lipinski definition) is 4. The molecule has 1 amide bonds. The molecule has 6 heteroatoms. The first-order chi connectivity index (χ1) is 9.06. The molecule has 1 heterocycles. The second-order valence-electron chi connectivity index (χ2n) is 4.42. The van der Waals surface area contributed by atoms with Gasteiger partial charge < -0.3 is 10.4 Å². The first kappa shape index (κ1) is 13.1. The van der Waals surface area contributed by atoms with Crippen LogP contribution in [-0.4, -0.2) is 26.0 Å². The van der Waals surface area contributed by atoms with E-state index in [-0.39, 0.29) is 11.7 Å². The van der Waals surface area contributed by atoms with E-state index in [0.717, 1.165) is 16.8 Å². The van der Waals surface area contributed by atoms with Crippen molar-refractivity contribution in [3.63, 3.8) is 0 Å². The van der Waals surface area contributed by atoms with Crippen LogP contribution in [0.3, 0.4) is 0 Å². The third-order valence-corrected chi connectivity index (χ3v) is 2.86. The molecule has 19 heavy (non-hydrogen) atoms. The molecule has 2 N–H and O–H groups in total. The van der Waals surface area contributed by atoms with Crippen LogP contribution < -0.4 is 5.32 Å². The minimum Gasteiger partial charge on any atom is -0.508 e. The van der Waals surface area contributed by atoms with E-state index in [1.54, 1.807) is 36.1 Å². The molecule has 1 aromatic heterocycles. The highest BCUT2D eigenvalue weighted by atomic mass is 16.3. The van der Waals surface area contributed by atoms with Crippen molar-refractivity contribution in [2.24, 2.45) is 0 Å². The third kappa shape index (κ3) is 3.31. The second kappa shape index (κ2) is 5.51. The van der Waals surface area contributed by atoms with E-state index in [1.807, 2.05) is 6.92 Å². The van der Waals surface area contributed by atoms with Gasteiger partial charge in [-0.25, -0.2) is 0 Å². The van der Waals surface area contributed by atoms with Gasteiger partial charge in [0.2, 0.25) is 5.91 Å². The summed E-state index contributed by atoms with van der Waals surface area (Å²) >= 11 is 0. The Morgan fingerprint density at radius 1 is 1.37 bits per heavy atom. The lowest BCUT2D eigenvalue weighted by Crippen LogP contribution is -2.15. The number of phenolic OH excluding ortho intramolecular Hbond substituents is 1. The Bertz CT molecular complexity index is 579. The Labute approximate surface area is 111 Å². The SMILES string of the molecule is Cc1cc(NC(=O)CCn2ccnn2)c(C)cc1O. The van der Waals surface area contributed by atoms with E-state index < -0.39 is 0 Å². The minimum atomic E-state index is -0.0938. The van der Waals surface area contributed by atoms with Gasteiger partial charge in [-0.1, -0.05) is 5.21 Å². The molecule has 0 aliphatic rings. The quantitative estimate of drug-likeness (QED) is 0.819. The van der Waals surface area contributed by atoms with Crippen molar-refractivity contribution in [2.45, 2.75) is 26.8 Å². The van der Waals surface area contributed by atoms with Gasteiger partial charge in [-0.3, -0.25) is 9.48 Å². The van der Waals surface area contributed by atoms with Gasteiger partial charge in [0.15, 0.2) is 0 Å². The van der Waals surface area contributed by atoms with E-state index in [9.17, 15) is 9.90 Å². The Morgan fingerprint density at radius 3 is 2.84 bits per heavy atom. The second-order valence-corrected chi connectivity index (χ2v) is 4.42. The molecule has 0 saturated carbocycles. The van der Waals surface area contributed by atoms with Gasteiger partial charge in [-0.15, -0.1) is 5.10 Å². The number of phenols is 1. The van der Waals surface area contributed by atoms with E-state index in [2.05, 4.69) is 15.6 Å². The molecule has 0 atom stereocenters. The maximum absolute atomic E-state index is 11.8. The number of hydrogen-bond donors (Lipinski definition) is 2. The maximum atomic E-state index is 11.8. The van der Waals surface area contributed by atoms with Crippen molar-refractivity contribution in [3.8, 4) is 5.75 Å². The predicted molar refractivity (Wildman–Crippen MR) is 70.8 cm³/mol. The molecule has 100 valence electrons. The Kier molecular flexibility index (Phi) is 3.79. The number of anilines is 1. The fraction of sp³-hybridized carbons (Fsp3) is 0.308. The molecule has 0 aliphatic heterocycles. The molecule has 0 bridgehead atoms. The summed E-state index contributed by atoms with van der Waals surface area (Å²) < 4.78 is 1.61. The number of carbonyl (C=O) groups excluding carboxylic acids is 1. The lowest BCUT2D eigenvalue weighted by Gasteiger charge is -2.10. The standard InChI is InChI=1S/C13H16N4O2/c1-9-8-12(18)10(2)7-11(9)15-13(19)3-5-17-6-4-14-16-17/h4,6-8,18H,3,5H2,1-2H3,(H,15,19). The highest BCUT2D eigenvalue weighted by Crippen LogP contribution is 2.24. The van der Waals surface area contributed by atoms with Crippen molar-refractivity contribution < 1.29 is 9.90 Å². The molecule has 0 spiro atoms. The zero-order valence-electron chi connectivity index (χ0n) is 10.9. The summed E-state index contributed by atoms with van der Waals surface area (Å²) in [4.78, 5) is 11.8. The summed E-state index contributed by atoms with van der Waals surface area (Å²) in [5, 5.41) is 19.9. The van der Waals surface area contributed by atoms with Crippen LogP contribution >= 0.6 is 0 Å². The van der Waals surface area contributed by atoms with Gasteiger partial charge in [0.25, 0.3) is 0 Å². The van der Waals surface area contributed by atoms with Crippen LogP contribution in [0.4, 0.5) is 5.69 Å². The summed E-state index contributed by atoms with van der Waals surface area (Å²) in [5.74, 6) is 0.141. The van der Waals surface area contributed by atoms with Gasteiger partial charge in [0.05, 0.1) is 12.7 Å². The lowest BCUT2D eigenvalue weighted by molar-refractivity contribution is -0.116. The molecular weight excluding hydrogens is 244 g/mol. The number of nitrogens with one attached hydrogen (secondary N) is 1. The van der Waals surface area contributed by atoms with Crippen LogP contribution in [-0.2, 0) is 11.3 Å². The number of aromatic hydroxyl groups is 1. The van der Waals surface area contributed by atoms with Crippen LogP contribution in [0.15, 0.2) is 24.5 Å². The Balaban J connectivity index is 1.97. The Morgan fingerprint density at radius 2 is 2.16 bits per heavy atom. The zero-order chi connectivity index (χ0) is 13.8. The highest BCUT2D eigenvalue weighted by Gasteiger charge is 2.07. The number of carbonyl (C=O) groups is 1. The number of benzene rings is 1. The number of aryl methyl sites for hydroxylation is 3. The smallest absolute Gasteiger partial charge is 0.226 e. The van der Waals surface area contributed by atoms with Crippen LogP contribution in [0.5, 0.6) is 5.75 Å². The molecule has 2 rings (SSSR count). The average molecular weight is 260 g/mol. The zero-order valence-corrected chi connectivity index (χ0v) is 10.9. The number of aromatic nitrogens is 3. The van der Waals surface area contributed by atoms with Crippen LogP contribution in [0.2, 0.25) is 0 Å². The first-order valence-electron chi connectivity index (χ1n) is 6.00. The number of amides is 1. The van der Waals surface area contributed by atoms with Crippen LogP contribution in [0.1, 0.15) is 17.5 Å². The maximum Gasteiger partial charge on any atom is 0.226 e. The largest absolute Gasteiger partial charge is 0.508 e. The molecule has 1 aromatic carbocycles. The Hall–Kier alpha value is -2.37. The lowest BCUT2D eigenvalue weighted by atomic mass is 10.1. The van der Waals surface area contributed by atoms with Crippen LogP contribution in [0, 0.1) is 13.8 Å². The molecule has 6 nitrogen and oxygen atoms in total. The summed E-state index contributed by atoms with van der Waals surface area (Å²) in [5.41, 5.74) is 2.29. The monoisotopic (exact) mass is 260 g/mol. The third-order valence-electron chi connectivity index (χ3n) is 2.86. The van der Waals surface area contributed by atoms with Crippen molar-refractivity contribution in [2.75, 3.05) is 5.32 Å². The van der Waals surface area contributed by atoms with Gasteiger partial charge >= 0.3 is 0 Å². The van der Waals surface area contributed by atoms with E-state index in [0.29, 0.717) is 13.0 Å². The summed E-state index contributed by atoms with van der Waals surface area (Å²) in [6, 6.07) is 3.40. The summed E-state index contributed by atoms with van der Waals surface area (Å²) in [6.07, 6.45) is 3.61. The van der Waals surface area contributed by atoms with Crippen molar-refractivity contribution in [1.29, 1.82) is 0 Å². The van der Waals surface area contributed by atoms with Gasteiger partial charge in [-0.05, 0) is 37.1 Å². The fourth-order valence-electron chi connectivity index (χ4n) is 1.72. The minimum absolute atomic E-state index is 0.0938. The molecule has 0 fully saturated rings. The van der Waals surface area contributed by atoms with Gasteiger partial charge in [-0.2, -0.15) is 0 Å². The van der Waals surface area contributed by atoms with E-state index in [4.69, 9.17) is 0 Å². The number of nitrogens with zero attached hydrogens (tertiary/aromatic N) is 3. The average Bonchev–Trinajstić information content (AvgIpc) is 2.86. The van der Waals surface area contributed by atoms with Gasteiger partial charge in [0.1, 0.15) is 5.75 Å². The van der Waals surface area contributed by atoms with Gasteiger partial charge in [0, 0.05) is 18.3 Å². The predicted octanol–water partition coefficient (Wildman–Crippen LogP) is 1.63. The topological polar surface area (TPSA) is 80.0 Å². The molecule has 0 aliphatic carbocycles. The highest BCUT2D eigenvalue weighted by molar-refractivity contribution is 5.91. The van der Waals surface area contributed by atoms with E-state index in [1.165, 1.54) is 0 Å². The molecule has 0 saturated heterocycles. The summed E-state index contributed by atoms with van der Waals surface area (Å²) in [7, 11) is 0. The fourth-order valence-corrected chi connectivity index (χ4v) is 1.72. The normalized spacial score (nSPS) is 10.4. The molecule has 0 radical (unpaired) electrons. The van der Waals surface area contributed by atoms with Crippen molar-refractivity contribution in [3.05, 3.63) is 35.7 Å². The van der Waals surface area contributed by atoms with Crippen molar-refractivity contribution >= 4 is 11.6 Å². The molecular formula is C13H16N4O2. The molecule has 0 unspecified atom stereocenters. The number of rotatable bonds is 4. The van der Waals surface area contributed by atoms with Crippen molar-refractivity contribution in [1.82, 2.24) is 15.0 Å². The first-order valence-corrected chi connectivity index (χ1v) is 6.00.